The molecule has 4 nitrogen and oxygen atoms in total. The number of hydrogen-bond donors (Lipinski definition) is 0. The van der Waals surface area contributed by atoms with Crippen LogP contribution in [0.1, 0.15) is 0 Å². The van der Waals surface area contributed by atoms with E-state index >= 15 is 0 Å². The van der Waals surface area contributed by atoms with E-state index in [0.29, 0.717) is 17.5 Å². The Kier molecular flexibility index (Phi) is 7.77. The summed E-state index contributed by atoms with van der Waals surface area (Å²) in [5.41, 5.74) is 10.8. The molecule has 8 aromatic carbocycles. The van der Waals surface area contributed by atoms with Crippen LogP contribution in [0.15, 0.2) is 194 Å². The van der Waals surface area contributed by atoms with Crippen LogP contribution in [0.5, 0.6) is 0 Å². The number of nitrogens with zero attached hydrogens (tertiary/aromatic N) is 4. The van der Waals surface area contributed by atoms with Crippen molar-refractivity contribution in [2.45, 2.75) is 0 Å². The molecule has 4 heteroatoms. The minimum atomic E-state index is 0.636. The van der Waals surface area contributed by atoms with E-state index in [1.54, 1.807) is 0 Å². The molecule has 0 amide bonds. The van der Waals surface area contributed by atoms with Crippen molar-refractivity contribution >= 4 is 32.4 Å². The average molecular weight is 689 g/mol. The minimum absolute atomic E-state index is 0.636. The summed E-state index contributed by atoms with van der Waals surface area (Å²) in [5.74, 6) is 1.91. The Morgan fingerprint density at radius 2 is 0.778 bits per heavy atom. The Balaban J connectivity index is 1.09. The van der Waals surface area contributed by atoms with Gasteiger partial charge in [-0.1, -0.05) is 170 Å². The molecule has 2 aromatic heterocycles. The molecule has 0 aliphatic heterocycles. The van der Waals surface area contributed by atoms with Gasteiger partial charge in [0.2, 0.25) is 0 Å². The lowest BCUT2D eigenvalue weighted by Crippen LogP contribution is -2.00. The lowest BCUT2D eigenvalue weighted by Gasteiger charge is -2.14. The van der Waals surface area contributed by atoms with Crippen LogP contribution in [-0.2, 0) is 0 Å². The minimum Gasteiger partial charge on any atom is -0.256 e. The molecule has 0 N–H and O–H groups in total. The van der Waals surface area contributed by atoms with Crippen LogP contribution in [0.3, 0.4) is 0 Å². The van der Waals surface area contributed by atoms with E-state index in [2.05, 4.69) is 146 Å². The highest BCUT2D eigenvalue weighted by molar-refractivity contribution is 6.11. The first-order valence-corrected chi connectivity index (χ1v) is 18.1. The fourth-order valence-electron chi connectivity index (χ4n) is 7.54. The van der Waals surface area contributed by atoms with Crippen LogP contribution >= 0.6 is 0 Å². The Labute approximate surface area is 313 Å². The van der Waals surface area contributed by atoms with E-state index in [-0.39, 0.29) is 0 Å². The fraction of sp³-hybridized carbons (Fsp3) is 0. The number of pyridine rings is 1. The van der Waals surface area contributed by atoms with Gasteiger partial charge in [-0.2, -0.15) is 0 Å². The first kappa shape index (κ1) is 31.4. The maximum absolute atomic E-state index is 5.13. The van der Waals surface area contributed by atoms with Crippen molar-refractivity contribution in [3.8, 4) is 67.5 Å². The van der Waals surface area contributed by atoms with Gasteiger partial charge < -0.3 is 0 Å². The highest BCUT2D eigenvalue weighted by Crippen LogP contribution is 2.39. The highest BCUT2D eigenvalue weighted by Gasteiger charge is 2.17. The zero-order valence-corrected chi connectivity index (χ0v) is 29.3. The van der Waals surface area contributed by atoms with Crippen LogP contribution < -0.4 is 0 Å². The van der Waals surface area contributed by atoms with Crippen molar-refractivity contribution in [1.29, 1.82) is 0 Å². The van der Waals surface area contributed by atoms with E-state index in [4.69, 9.17) is 19.9 Å². The third-order valence-corrected chi connectivity index (χ3v) is 10.2. The van der Waals surface area contributed by atoms with Crippen LogP contribution in [0, 0.1) is 0 Å². The summed E-state index contributed by atoms with van der Waals surface area (Å²) in [4.78, 5) is 19.9. The van der Waals surface area contributed by atoms with E-state index < -0.39 is 0 Å². The van der Waals surface area contributed by atoms with Gasteiger partial charge in [-0.3, -0.25) is 4.98 Å². The van der Waals surface area contributed by atoms with Gasteiger partial charge in [-0.05, 0) is 67.7 Å². The molecule has 2 heterocycles. The first-order chi connectivity index (χ1) is 26.8. The molecule has 0 unspecified atom stereocenters. The molecule has 0 saturated carbocycles. The van der Waals surface area contributed by atoms with Gasteiger partial charge >= 0.3 is 0 Å². The summed E-state index contributed by atoms with van der Waals surface area (Å²) < 4.78 is 0. The summed E-state index contributed by atoms with van der Waals surface area (Å²) >= 11 is 0. The lowest BCUT2D eigenvalue weighted by molar-refractivity contribution is 1.08. The third-order valence-electron chi connectivity index (χ3n) is 10.2. The molecule has 54 heavy (non-hydrogen) atoms. The summed E-state index contributed by atoms with van der Waals surface area (Å²) in [7, 11) is 0. The van der Waals surface area contributed by atoms with Crippen molar-refractivity contribution in [1.82, 2.24) is 19.9 Å². The normalized spacial score (nSPS) is 11.3. The zero-order valence-electron chi connectivity index (χ0n) is 29.3. The standard InChI is InChI=1S/C50H32N4/c1-3-12-33(13-4-1)34-23-25-37(26-24-34)49-52-48(36-14-5-2-6-15-36)53-50(54-49)46-30-29-41(42-19-7-8-20-43(42)46)39-17-9-16-38(32-39)40-21-10-22-45-44(40)28-27-35-18-11-31-51-47(35)45/h1-32H. The summed E-state index contributed by atoms with van der Waals surface area (Å²) in [5, 5.41) is 5.71. The molecule has 0 aliphatic carbocycles. The Morgan fingerprint density at radius 3 is 1.52 bits per heavy atom. The molecule has 0 saturated heterocycles. The quantitative estimate of drug-likeness (QED) is 0.163. The molecular weight excluding hydrogens is 657 g/mol. The molecule has 0 atom stereocenters. The highest BCUT2D eigenvalue weighted by atomic mass is 15.0. The predicted octanol–water partition coefficient (Wildman–Crippen LogP) is 12.7. The van der Waals surface area contributed by atoms with Gasteiger partial charge in [0.25, 0.3) is 0 Å². The van der Waals surface area contributed by atoms with E-state index in [0.717, 1.165) is 66.0 Å². The molecule has 0 spiro atoms. The van der Waals surface area contributed by atoms with E-state index in [1.165, 1.54) is 16.5 Å². The molecule has 252 valence electrons. The number of fused-ring (bicyclic) bond motifs is 4. The van der Waals surface area contributed by atoms with Gasteiger partial charge in [0.05, 0.1) is 5.52 Å². The number of hydrogen-bond acceptors (Lipinski definition) is 4. The lowest BCUT2D eigenvalue weighted by atomic mass is 9.91. The Hall–Kier alpha value is -7.30. The predicted molar refractivity (Wildman–Crippen MR) is 223 cm³/mol. The van der Waals surface area contributed by atoms with Crippen molar-refractivity contribution < 1.29 is 0 Å². The van der Waals surface area contributed by atoms with Gasteiger partial charge in [0.15, 0.2) is 17.5 Å². The maximum Gasteiger partial charge on any atom is 0.164 e. The molecule has 10 aromatic rings. The fourth-order valence-corrected chi connectivity index (χ4v) is 7.54. The molecule has 0 fully saturated rings. The average Bonchev–Trinajstić information content (AvgIpc) is 3.26. The number of benzene rings is 8. The maximum atomic E-state index is 5.13. The largest absolute Gasteiger partial charge is 0.256 e. The van der Waals surface area contributed by atoms with E-state index in [9.17, 15) is 0 Å². The summed E-state index contributed by atoms with van der Waals surface area (Å²) in [6.07, 6.45) is 1.87. The zero-order chi connectivity index (χ0) is 35.8. The Bertz CT molecular complexity index is 2970. The second kappa shape index (κ2) is 13.4. The van der Waals surface area contributed by atoms with Gasteiger partial charge in [0, 0.05) is 33.7 Å². The van der Waals surface area contributed by atoms with Crippen LogP contribution in [0.25, 0.3) is 100.0 Å². The van der Waals surface area contributed by atoms with Crippen LogP contribution in [-0.4, -0.2) is 19.9 Å². The van der Waals surface area contributed by atoms with Gasteiger partial charge in [-0.15, -0.1) is 0 Å². The number of aromatic nitrogens is 4. The number of rotatable bonds is 6. The van der Waals surface area contributed by atoms with Gasteiger partial charge in [0.1, 0.15) is 0 Å². The Morgan fingerprint density at radius 1 is 0.278 bits per heavy atom. The SMILES string of the molecule is c1ccc(-c2ccc(-c3nc(-c4ccccc4)nc(-c4ccc(-c5cccc(-c6cccc7c6ccc6cccnc67)c5)c5ccccc45)n3)cc2)cc1. The first-order valence-electron chi connectivity index (χ1n) is 18.1. The van der Waals surface area contributed by atoms with Crippen molar-refractivity contribution in [3.05, 3.63) is 194 Å². The van der Waals surface area contributed by atoms with Crippen molar-refractivity contribution in [2.75, 3.05) is 0 Å². The molecule has 0 aliphatic rings. The van der Waals surface area contributed by atoms with Crippen LogP contribution in [0.2, 0.25) is 0 Å². The van der Waals surface area contributed by atoms with Crippen LogP contribution in [0.4, 0.5) is 0 Å². The molecule has 10 rings (SSSR count). The molecule has 0 radical (unpaired) electrons. The smallest absolute Gasteiger partial charge is 0.164 e. The van der Waals surface area contributed by atoms with E-state index in [1.807, 2.05) is 48.7 Å². The third kappa shape index (κ3) is 5.67. The monoisotopic (exact) mass is 688 g/mol. The summed E-state index contributed by atoms with van der Waals surface area (Å²) in [6.45, 7) is 0. The summed E-state index contributed by atoms with van der Waals surface area (Å²) in [6, 6.07) is 65.7. The second-order valence-corrected chi connectivity index (χ2v) is 13.4. The van der Waals surface area contributed by atoms with Gasteiger partial charge in [-0.25, -0.2) is 15.0 Å². The van der Waals surface area contributed by atoms with Crippen molar-refractivity contribution in [2.24, 2.45) is 0 Å². The molecule has 0 bridgehead atoms. The second-order valence-electron chi connectivity index (χ2n) is 13.4. The topological polar surface area (TPSA) is 51.6 Å². The molecular formula is C50H32N4. The van der Waals surface area contributed by atoms with Crippen molar-refractivity contribution in [3.63, 3.8) is 0 Å².